The second-order valence-electron chi connectivity index (χ2n) is 7.10. The molecule has 1 aromatic heterocycles. The van der Waals surface area contributed by atoms with Gasteiger partial charge in [0.1, 0.15) is 11.6 Å². The highest BCUT2D eigenvalue weighted by atomic mass is 19.1. The fourth-order valence-electron chi connectivity index (χ4n) is 3.67. The summed E-state index contributed by atoms with van der Waals surface area (Å²) in [5.41, 5.74) is 1.70. The molecule has 1 amide bonds. The first-order valence-electron chi connectivity index (χ1n) is 9.33. The molecular formula is C21H21FN4O2. The highest BCUT2D eigenvalue weighted by Gasteiger charge is 2.29. The normalized spacial score (nSPS) is 15.0. The van der Waals surface area contributed by atoms with E-state index in [0.717, 1.165) is 11.3 Å². The van der Waals surface area contributed by atoms with Crippen molar-refractivity contribution in [2.45, 2.75) is 25.7 Å². The molecule has 1 saturated heterocycles. The van der Waals surface area contributed by atoms with Crippen LogP contribution in [0.5, 0.6) is 0 Å². The number of hydrogen-bond acceptors (Lipinski definition) is 3. The Morgan fingerprint density at radius 3 is 2.46 bits per heavy atom. The minimum atomic E-state index is -0.505. The van der Waals surface area contributed by atoms with Crippen LogP contribution < -0.4 is 5.69 Å². The summed E-state index contributed by atoms with van der Waals surface area (Å²) in [6, 6.07) is 13.7. The third-order valence-corrected chi connectivity index (χ3v) is 5.24. The minimum absolute atomic E-state index is 0.0462. The molecule has 0 unspecified atom stereocenters. The molecule has 0 saturated carbocycles. The van der Waals surface area contributed by atoms with Gasteiger partial charge in [-0.1, -0.05) is 29.8 Å². The van der Waals surface area contributed by atoms with Crippen LogP contribution in [0.4, 0.5) is 4.39 Å². The maximum absolute atomic E-state index is 13.9. The summed E-state index contributed by atoms with van der Waals surface area (Å²) >= 11 is 0. The number of likely N-dealkylation sites (tertiary alicyclic amines) is 1. The van der Waals surface area contributed by atoms with Crippen LogP contribution in [0, 0.1) is 12.7 Å². The van der Waals surface area contributed by atoms with E-state index in [4.69, 9.17) is 0 Å². The van der Waals surface area contributed by atoms with Crippen LogP contribution in [0.3, 0.4) is 0 Å². The number of aryl methyl sites for hydroxylation is 1. The van der Waals surface area contributed by atoms with Gasteiger partial charge in [0.15, 0.2) is 0 Å². The third kappa shape index (κ3) is 3.35. The average molecular weight is 380 g/mol. The van der Waals surface area contributed by atoms with Crippen molar-refractivity contribution in [1.82, 2.24) is 19.7 Å². The van der Waals surface area contributed by atoms with Gasteiger partial charge in [0.05, 0.1) is 11.3 Å². The molecular weight excluding hydrogens is 359 g/mol. The number of rotatable bonds is 3. The standard InChI is InChI=1S/C21H21FN4O2/c1-14-6-8-16(9-7-14)26-19(23-24-21(26)28)15-10-12-25(13-11-15)20(27)17-4-2-3-5-18(17)22/h2-9,15H,10-13H2,1H3,(H,24,28). The lowest BCUT2D eigenvalue weighted by molar-refractivity contribution is 0.0706. The zero-order valence-electron chi connectivity index (χ0n) is 15.6. The predicted octanol–water partition coefficient (Wildman–Crippen LogP) is 3.03. The van der Waals surface area contributed by atoms with Gasteiger partial charge in [0.2, 0.25) is 0 Å². The summed E-state index contributed by atoms with van der Waals surface area (Å²) < 4.78 is 15.5. The summed E-state index contributed by atoms with van der Waals surface area (Å²) in [4.78, 5) is 26.6. The second kappa shape index (κ2) is 7.42. The zero-order chi connectivity index (χ0) is 19.7. The van der Waals surface area contributed by atoms with E-state index in [9.17, 15) is 14.0 Å². The molecule has 0 aliphatic carbocycles. The van der Waals surface area contributed by atoms with Gasteiger partial charge in [-0.25, -0.2) is 18.9 Å². The Balaban J connectivity index is 1.52. The lowest BCUT2D eigenvalue weighted by Gasteiger charge is -2.31. The van der Waals surface area contributed by atoms with Crippen molar-refractivity contribution in [1.29, 1.82) is 0 Å². The summed E-state index contributed by atoms with van der Waals surface area (Å²) in [5.74, 6) is -0.0820. The predicted molar refractivity (Wildman–Crippen MR) is 103 cm³/mol. The van der Waals surface area contributed by atoms with E-state index < -0.39 is 5.82 Å². The molecule has 6 nitrogen and oxygen atoms in total. The smallest absolute Gasteiger partial charge is 0.339 e. The Morgan fingerprint density at radius 2 is 1.79 bits per heavy atom. The molecule has 144 valence electrons. The van der Waals surface area contributed by atoms with Gasteiger partial charge in [0.25, 0.3) is 5.91 Å². The Hall–Kier alpha value is -3.22. The first-order valence-corrected chi connectivity index (χ1v) is 9.33. The van der Waals surface area contributed by atoms with Gasteiger partial charge in [-0.15, -0.1) is 0 Å². The van der Waals surface area contributed by atoms with Crippen molar-refractivity contribution in [3.05, 3.63) is 81.8 Å². The number of aromatic amines is 1. The molecule has 2 heterocycles. The van der Waals surface area contributed by atoms with Crippen LogP contribution in [-0.4, -0.2) is 38.7 Å². The van der Waals surface area contributed by atoms with E-state index in [0.29, 0.717) is 31.8 Å². The Labute approximate surface area is 161 Å². The molecule has 1 fully saturated rings. The lowest BCUT2D eigenvalue weighted by atomic mass is 9.95. The SMILES string of the molecule is Cc1ccc(-n2c(C3CCN(C(=O)c4ccccc4F)CC3)n[nH]c2=O)cc1. The fourth-order valence-corrected chi connectivity index (χ4v) is 3.67. The molecule has 0 atom stereocenters. The van der Waals surface area contributed by atoms with Gasteiger partial charge in [-0.3, -0.25) is 4.79 Å². The lowest BCUT2D eigenvalue weighted by Crippen LogP contribution is -2.39. The Morgan fingerprint density at radius 1 is 1.11 bits per heavy atom. The summed E-state index contributed by atoms with van der Waals surface area (Å²) in [6.45, 7) is 2.98. The molecule has 0 bridgehead atoms. The first-order chi connectivity index (χ1) is 13.5. The first kappa shape index (κ1) is 18.2. The van der Waals surface area contributed by atoms with Crippen molar-refractivity contribution in [2.75, 3.05) is 13.1 Å². The Bertz CT molecular complexity index is 1050. The van der Waals surface area contributed by atoms with E-state index in [1.54, 1.807) is 21.6 Å². The number of piperidine rings is 1. The molecule has 4 rings (SSSR count). The van der Waals surface area contributed by atoms with Gasteiger partial charge in [0, 0.05) is 19.0 Å². The number of nitrogens with zero attached hydrogens (tertiary/aromatic N) is 3. The summed E-state index contributed by atoms with van der Waals surface area (Å²) in [5, 5.41) is 6.78. The number of benzene rings is 2. The van der Waals surface area contributed by atoms with Gasteiger partial charge in [-0.2, -0.15) is 5.10 Å². The maximum Gasteiger partial charge on any atom is 0.347 e. The van der Waals surface area contributed by atoms with Crippen LogP contribution in [0.1, 0.15) is 40.5 Å². The molecule has 1 aliphatic rings. The molecule has 0 spiro atoms. The van der Waals surface area contributed by atoms with Crippen molar-refractivity contribution >= 4 is 5.91 Å². The molecule has 3 aromatic rings. The van der Waals surface area contributed by atoms with E-state index in [-0.39, 0.29) is 23.1 Å². The highest BCUT2D eigenvalue weighted by Crippen LogP contribution is 2.28. The number of aromatic nitrogens is 3. The number of carbonyl (C=O) groups is 1. The summed E-state index contributed by atoms with van der Waals surface area (Å²) in [7, 11) is 0. The second-order valence-corrected chi connectivity index (χ2v) is 7.10. The highest BCUT2D eigenvalue weighted by molar-refractivity contribution is 5.94. The number of carbonyl (C=O) groups excluding carboxylic acids is 1. The number of nitrogens with one attached hydrogen (secondary N) is 1. The van der Waals surface area contributed by atoms with Gasteiger partial charge >= 0.3 is 5.69 Å². The van der Waals surface area contributed by atoms with Crippen LogP contribution >= 0.6 is 0 Å². The fraction of sp³-hybridized carbons (Fsp3) is 0.286. The quantitative estimate of drug-likeness (QED) is 0.759. The van der Waals surface area contributed by atoms with E-state index in [1.807, 2.05) is 31.2 Å². The van der Waals surface area contributed by atoms with Gasteiger partial charge < -0.3 is 4.90 Å². The topological polar surface area (TPSA) is 71.0 Å². The van der Waals surface area contributed by atoms with Crippen LogP contribution in [-0.2, 0) is 0 Å². The molecule has 7 heteroatoms. The Kier molecular flexibility index (Phi) is 4.81. The number of hydrogen-bond donors (Lipinski definition) is 1. The van der Waals surface area contributed by atoms with Crippen molar-refractivity contribution in [3.8, 4) is 5.69 Å². The molecule has 0 radical (unpaired) electrons. The molecule has 2 aromatic carbocycles. The van der Waals surface area contributed by atoms with Crippen molar-refractivity contribution in [3.63, 3.8) is 0 Å². The largest absolute Gasteiger partial charge is 0.347 e. The summed E-state index contributed by atoms with van der Waals surface area (Å²) in [6.07, 6.45) is 1.33. The molecule has 1 N–H and O–H groups in total. The van der Waals surface area contributed by atoms with Crippen molar-refractivity contribution < 1.29 is 9.18 Å². The molecule has 1 aliphatic heterocycles. The van der Waals surface area contributed by atoms with Crippen LogP contribution in [0.2, 0.25) is 0 Å². The van der Waals surface area contributed by atoms with Gasteiger partial charge in [-0.05, 0) is 44.0 Å². The number of halogens is 1. The van der Waals surface area contributed by atoms with E-state index >= 15 is 0 Å². The average Bonchev–Trinajstić information content (AvgIpc) is 3.10. The minimum Gasteiger partial charge on any atom is -0.339 e. The molecule has 28 heavy (non-hydrogen) atoms. The van der Waals surface area contributed by atoms with E-state index in [2.05, 4.69) is 10.2 Å². The number of H-pyrrole nitrogens is 1. The van der Waals surface area contributed by atoms with E-state index in [1.165, 1.54) is 12.1 Å². The zero-order valence-corrected chi connectivity index (χ0v) is 15.6. The third-order valence-electron chi connectivity index (χ3n) is 5.24. The number of amides is 1. The van der Waals surface area contributed by atoms with Crippen LogP contribution in [0.25, 0.3) is 5.69 Å². The monoisotopic (exact) mass is 380 g/mol. The maximum atomic E-state index is 13.9. The van der Waals surface area contributed by atoms with Crippen molar-refractivity contribution in [2.24, 2.45) is 0 Å². The van der Waals surface area contributed by atoms with Crippen LogP contribution in [0.15, 0.2) is 53.3 Å².